The summed E-state index contributed by atoms with van der Waals surface area (Å²) in [6.45, 7) is 5.18. The summed E-state index contributed by atoms with van der Waals surface area (Å²) in [5.41, 5.74) is 2.04. The number of carbonyl (C=O) groups is 1. The van der Waals surface area contributed by atoms with Crippen LogP contribution >= 0.6 is 0 Å². The summed E-state index contributed by atoms with van der Waals surface area (Å²) in [5, 5.41) is 4.34. The highest BCUT2D eigenvalue weighted by molar-refractivity contribution is 5.93. The van der Waals surface area contributed by atoms with Crippen LogP contribution in [-0.4, -0.2) is 33.9 Å². The van der Waals surface area contributed by atoms with Crippen LogP contribution in [-0.2, 0) is 17.9 Å². The van der Waals surface area contributed by atoms with E-state index in [9.17, 15) is 9.59 Å². The summed E-state index contributed by atoms with van der Waals surface area (Å²) in [6.07, 6.45) is 1.49. The molecule has 1 aliphatic rings. The SMILES string of the molecule is CCn1cc(C(=O)OCc2cc(-c3ccc4c(c3)OCCO4)on2)c(=O)c2ccc(C)nc21. The third-order valence-corrected chi connectivity index (χ3v) is 5.36. The summed E-state index contributed by atoms with van der Waals surface area (Å²) >= 11 is 0. The van der Waals surface area contributed by atoms with E-state index in [1.165, 1.54) is 6.20 Å². The van der Waals surface area contributed by atoms with Crippen molar-refractivity contribution in [3.63, 3.8) is 0 Å². The lowest BCUT2D eigenvalue weighted by molar-refractivity contribution is 0.0462. The second-order valence-corrected chi connectivity index (χ2v) is 7.60. The number of aryl methyl sites for hydroxylation is 2. The molecule has 5 rings (SSSR count). The number of esters is 1. The molecule has 3 aromatic heterocycles. The van der Waals surface area contributed by atoms with Crippen molar-refractivity contribution in [2.75, 3.05) is 13.2 Å². The Morgan fingerprint density at radius 3 is 2.76 bits per heavy atom. The van der Waals surface area contributed by atoms with Gasteiger partial charge in [0.25, 0.3) is 0 Å². The van der Waals surface area contributed by atoms with Gasteiger partial charge in [0.1, 0.15) is 36.7 Å². The minimum Gasteiger partial charge on any atom is -0.486 e. The minimum atomic E-state index is -0.728. The van der Waals surface area contributed by atoms with Gasteiger partial charge in [-0.05, 0) is 44.2 Å². The van der Waals surface area contributed by atoms with Crippen molar-refractivity contribution in [1.82, 2.24) is 14.7 Å². The zero-order chi connectivity index (χ0) is 22.9. The van der Waals surface area contributed by atoms with E-state index in [0.717, 1.165) is 11.3 Å². The molecule has 0 unspecified atom stereocenters. The molecule has 0 N–H and O–H groups in total. The van der Waals surface area contributed by atoms with Crippen molar-refractivity contribution in [3.8, 4) is 22.8 Å². The van der Waals surface area contributed by atoms with E-state index in [0.29, 0.717) is 53.7 Å². The lowest BCUT2D eigenvalue weighted by atomic mass is 10.1. The van der Waals surface area contributed by atoms with E-state index in [2.05, 4.69) is 10.1 Å². The van der Waals surface area contributed by atoms with Gasteiger partial charge in [0.2, 0.25) is 5.43 Å². The number of pyridine rings is 2. The van der Waals surface area contributed by atoms with Crippen LogP contribution in [0.2, 0.25) is 0 Å². The summed E-state index contributed by atoms with van der Waals surface area (Å²) in [6, 6.07) is 10.6. The van der Waals surface area contributed by atoms with Gasteiger partial charge in [-0.15, -0.1) is 0 Å². The Labute approximate surface area is 188 Å². The van der Waals surface area contributed by atoms with E-state index in [-0.39, 0.29) is 12.2 Å². The molecule has 4 aromatic rings. The quantitative estimate of drug-likeness (QED) is 0.428. The molecule has 0 atom stereocenters. The van der Waals surface area contributed by atoms with Gasteiger partial charge in [0.15, 0.2) is 17.3 Å². The van der Waals surface area contributed by atoms with Gasteiger partial charge >= 0.3 is 5.97 Å². The minimum absolute atomic E-state index is 0.0504. The zero-order valence-corrected chi connectivity index (χ0v) is 18.2. The fraction of sp³-hybridized carbons (Fsp3) is 0.250. The van der Waals surface area contributed by atoms with Gasteiger partial charge in [-0.25, -0.2) is 9.78 Å². The highest BCUT2D eigenvalue weighted by Crippen LogP contribution is 2.34. The Kier molecular flexibility index (Phi) is 5.29. The molecule has 0 fully saturated rings. The lowest BCUT2D eigenvalue weighted by Gasteiger charge is -2.18. The van der Waals surface area contributed by atoms with Gasteiger partial charge in [-0.1, -0.05) is 5.16 Å². The zero-order valence-electron chi connectivity index (χ0n) is 18.2. The molecule has 0 saturated carbocycles. The number of ether oxygens (including phenoxy) is 3. The third-order valence-electron chi connectivity index (χ3n) is 5.36. The molecule has 9 nitrogen and oxygen atoms in total. The van der Waals surface area contributed by atoms with Crippen LogP contribution in [0.1, 0.15) is 28.7 Å². The maximum Gasteiger partial charge on any atom is 0.344 e. The fourth-order valence-corrected chi connectivity index (χ4v) is 3.68. The maximum atomic E-state index is 12.9. The first-order valence-corrected chi connectivity index (χ1v) is 10.6. The van der Waals surface area contributed by atoms with Crippen LogP contribution < -0.4 is 14.9 Å². The van der Waals surface area contributed by atoms with Crippen molar-refractivity contribution in [3.05, 3.63) is 69.8 Å². The number of nitrogens with zero attached hydrogens (tertiary/aromatic N) is 3. The number of rotatable bonds is 5. The van der Waals surface area contributed by atoms with Crippen molar-refractivity contribution >= 4 is 17.0 Å². The Hall–Kier alpha value is -4.14. The number of aromatic nitrogens is 3. The Morgan fingerprint density at radius 1 is 1.12 bits per heavy atom. The molecule has 168 valence electrons. The Morgan fingerprint density at radius 2 is 1.94 bits per heavy atom. The van der Waals surface area contributed by atoms with E-state index in [1.54, 1.807) is 28.8 Å². The van der Waals surface area contributed by atoms with Crippen LogP contribution in [0.5, 0.6) is 11.5 Å². The first-order valence-electron chi connectivity index (χ1n) is 10.6. The molecule has 1 aliphatic heterocycles. The second kappa shape index (κ2) is 8.42. The molecule has 0 radical (unpaired) electrons. The predicted molar refractivity (Wildman–Crippen MR) is 118 cm³/mol. The highest BCUT2D eigenvalue weighted by Gasteiger charge is 2.19. The van der Waals surface area contributed by atoms with Gasteiger partial charge in [-0.2, -0.15) is 0 Å². The molecule has 0 aliphatic carbocycles. The fourth-order valence-electron chi connectivity index (χ4n) is 3.68. The summed E-state index contributed by atoms with van der Waals surface area (Å²) in [5.74, 6) is 1.08. The first kappa shape index (κ1) is 20.7. The predicted octanol–water partition coefficient (Wildman–Crippen LogP) is 3.51. The van der Waals surface area contributed by atoms with Crippen LogP contribution in [0.15, 0.2) is 51.9 Å². The summed E-state index contributed by atoms with van der Waals surface area (Å²) < 4.78 is 23.6. The number of hydrogen-bond acceptors (Lipinski definition) is 8. The van der Waals surface area contributed by atoms with Crippen molar-refractivity contribution < 1.29 is 23.5 Å². The summed E-state index contributed by atoms with van der Waals surface area (Å²) in [7, 11) is 0. The molecule has 0 amide bonds. The Bertz CT molecular complexity index is 1420. The molecule has 0 spiro atoms. The smallest absolute Gasteiger partial charge is 0.344 e. The molecule has 33 heavy (non-hydrogen) atoms. The highest BCUT2D eigenvalue weighted by atomic mass is 16.6. The number of hydrogen-bond donors (Lipinski definition) is 0. The molecule has 9 heteroatoms. The first-order chi connectivity index (χ1) is 16.0. The standard InChI is InChI=1S/C24H21N3O6/c1-3-27-12-18(22(28)17-6-4-14(2)25-23(17)27)24(29)32-13-16-11-20(33-26-16)15-5-7-19-21(10-15)31-9-8-30-19/h4-7,10-12H,3,8-9,13H2,1-2H3. The molecule has 0 bridgehead atoms. The summed E-state index contributed by atoms with van der Waals surface area (Å²) in [4.78, 5) is 30.0. The Balaban J connectivity index is 1.35. The van der Waals surface area contributed by atoms with Crippen molar-refractivity contribution in [2.45, 2.75) is 27.0 Å². The average Bonchev–Trinajstić information content (AvgIpc) is 3.31. The normalized spacial score (nSPS) is 12.7. The van der Waals surface area contributed by atoms with E-state index in [4.69, 9.17) is 18.7 Å². The molecule has 0 saturated heterocycles. The number of benzene rings is 1. The van der Waals surface area contributed by atoms with E-state index < -0.39 is 11.4 Å². The van der Waals surface area contributed by atoms with E-state index in [1.807, 2.05) is 26.0 Å². The van der Waals surface area contributed by atoms with Crippen LogP contribution in [0.3, 0.4) is 0 Å². The maximum absolute atomic E-state index is 12.9. The number of fused-ring (bicyclic) bond motifs is 2. The van der Waals surface area contributed by atoms with Crippen LogP contribution in [0.25, 0.3) is 22.4 Å². The molecular formula is C24H21N3O6. The number of carbonyl (C=O) groups excluding carboxylic acids is 1. The lowest BCUT2D eigenvalue weighted by Crippen LogP contribution is -2.21. The molecular weight excluding hydrogens is 426 g/mol. The van der Waals surface area contributed by atoms with Crippen LogP contribution in [0, 0.1) is 6.92 Å². The molecule has 1 aromatic carbocycles. The largest absolute Gasteiger partial charge is 0.486 e. The van der Waals surface area contributed by atoms with E-state index >= 15 is 0 Å². The average molecular weight is 447 g/mol. The van der Waals surface area contributed by atoms with Crippen LogP contribution in [0.4, 0.5) is 0 Å². The topological polar surface area (TPSA) is 106 Å². The van der Waals surface area contributed by atoms with Gasteiger partial charge in [0, 0.05) is 30.1 Å². The van der Waals surface area contributed by atoms with Gasteiger partial charge in [0.05, 0.1) is 5.39 Å². The molecule has 4 heterocycles. The van der Waals surface area contributed by atoms with Gasteiger partial charge < -0.3 is 23.3 Å². The van der Waals surface area contributed by atoms with Crippen molar-refractivity contribution in [1.29, 1.82) is 0 Å². The third kappa shape index (κ3) is 3.93. The second-order valence-electron chi connectivity index (χ2n) is 7.60. The van der Waals surface area contributed by atoms with Gasteiger partial charge in [-0.3, -0.25) is 4.79 Å². The van der Waals surface area contributed by atoms with Crippen molar-refractivity contribution in [2.24, 2.45) is 0 Å². The monoisotopic (exact) mass is 447 g/mol.